The lowest BCUT2D eigenvalue weighted by Gasteiger charge is -2.20. The van der Waals surface area contributed by atoms with E-state index in [1.807, 2.05) is 36.4 Å². The second-order valence-electron chi connectivity index (χ2n) is 9.60. The normalized spacial score (nSPS) is 26.8. The van der Waals surface area contributed by atoms with Crippen molar-refractivity contribution in [3.8, 4) is 24.2 Å². The maximum absolute atomic E-state index is 12.0. The highest BCUT2D eigenvalue weighted by molar-refractivity contribution is 14.1. The minimum atomic E-state index is -0.864. The molecule has 17 heteroatoms. The Hall–Kier alpha value is -3.11. The van der Waals surface area contributed by atoms with Crippen LogP contribution in [0, 0.1) is 27.8 Å². The number of rotatable bonds is 6. The Kier molecular flexibility index (Phi) is 15.3. The molecule has 0 spiro atoms. The van der Waals surface area contributed by atoms with Gasteiger partial charge in [0.15, 0.2) is 12.5 Å². The molecule has 45 heavy (non-hydrogen) atoms. The van der Waals surface area contributed by atoms with Crippen LogP contribution in [0.2, 0.25) is 0 Å². The van der Waals surface area contributed by atoms with Crippen molar-refractivity contribution in [1.82, 2.24) is 19.1 Å². The zero-order chi connectivity index (χ0) is 33.8. The first-order valence-corrected chi connectivity index (χ1v) is 14.9. The number of ether oxygens (including phenoxy) is 4. The van der Waals surface area contributed by atoms with Gasteiger partial charge in [-0.15, -0.1) is 6.42 Å². The molecule has 2 aliphatic rings. The van der Waals surface area contributed by atoms with Gasteiger partial charge in [-0.05, 0) is 35.4 Å². The third-order valence-electron chi connectivity index (χ3n) is 6.86. The van der Waals surface area contributed by atoms with Crippen molar-refractivity contribution < 1.29 is 29.2 Å². The van der Waals surface area contributed by atoms with Gasteiger partial charge in [0.2, 0.25) is 0 Å². The van der Waals surface area contributed by atoms with Crippen molar-refractivity contribution >= 4 is 22.6 Å². The Morgan fingerprint density at radius 3 is 1.73 bits per heavy atom. The van der Waals surface area contributed by atoms with E-state index in [1.54, 1.807) is 0 Å². The molecule has 4 rings (SSSR count). The van der Waals surface area contributed by atoms with Gasteiger partial charge in [0.25, 0.3) is 11.1 Å². The fourth-order valence-corrected chi connectivity index (χ4v) is 5.06. The molecule has 0 aliphatic carbocycles. The number of methoxy groups -OCH3 is 2. The van der Waals surface area contributed by atoms with Crippen LogP contribution in [0.4, 0.5) is 0 Å². The molecule has 2 saturated heterocycles. The van der Waals surface area contributed by atoms with E-state index in [1.165, 1.54) is 35.7 Å². The van der Waals surface area contributed by atoms with Crippen molar-refractivity contribution in [3.05, 3.63) is 63.2 Å². The summed E-state index contributed by atoms with van der Waals surface area (Å²) in [5, 5.41) is 20.2. The summed E-state index contributed by atoms with van der Waals surface area (Å²) in [6.07, 6.45) is 3.05. The Labute approximate surface area is 272 Å². The van der Waals surface area contributed by atoms with E-state index in [2.05, 4.69) is 34.2 Å². The number of nitrogens with one attached hydrogen (secondary N) is 2. The molecule has 16 nitrogen and oxygen atoms in total. The summed E-state index contributed by atoms with van der Waals surface area (Å²) >= 11 is 1.83. The van der Waals surface area contributed by atoms with Crippen molar-refractivity contribution in [2.75, 3.05) is 27.3 Å². The molecule has 248 valence electrons. The lowest BCUT2D eigenvalue weighted by atomic mass is 10.1. The van der Waals surface area contributed by atoms with Crippen LogP contribution in [0.25, 0.3) is 0 Å². The maximum atomic E-state index is 12.0. The topological polar surface area (TPSA) is 239 Å². The number of aliphatic hydroxyl groups is 2. The Balaban J connectivity index is 0.000000283. The molecule has 2 fully saturated rings. The van der Waals surface area contributed by atoms with Gasteiger partial charge in [0.1, 0.15) is 30.0 Å². The van der Waals surface area contributed by atoms with E-state index < -0.39 is 71.6 Å². The Bertz CT molecular complexity index is 1600. The molecule has 8 atom stereocenters. The van der Waals surface area contributed by atoms with Crippen LogP contribution in [0.1, 0.15) is 44.7 Å². The van der Waals surface area contributed by atoms with Gasteiger partial charge in [0.05, 0.1) is 28.9 Å². The van der Waals surface area contributed by atoms with Gasteiger partial charge in [-0.1, -0.05) is 31.6 Å². The summed E-state index contributed by atoms with van der Waals surface area (Å²) in [4.78, 5) is 51.3. The van der Waals surface area contributed by atoms with Crippen LogP contribution in [-0.2, 0) is 18.9 Å². The summed E-state index contributed by atoms with van der Waals surface area (Å²) in [7, 11) is 2.87. The number of terminal acetylenes is 1. The van der Waals surface area contributed by atoms with Crippen LogP contribution in [0.15, 0.2) is 31.6 Å². The van der Waals surface area contributed by atoms with E-state index in [4.69, 9.17) is 30.4 Å². The number of hydrogen-bond donors (Lipinski definition) is 6. The summed E-state index contributed by atoms with van der Waals surface area (Å²) in [5.74, 6) is 7.36. The average molecular weight is 747 g/mol. The van der Waals surface area contributed by atoms with Gasteiger partial charge in [0, 0.05) is 26.6 Å². The number of aromatic nitrogens is 4. The van der Waals surface area contributed by atoms with Crippen LogP contribution in [-0.4, -0.2) is 93.2 Å². The van der Waals surface area contributed by atoms with E-state index >= 15 is 0 Å². The first-order chi connectivity index (χ1) is 21.4. The predicted octanol–water partition coefficient (Wildman–Crippen LogP) is -2.07. The average Bonchev–Trinajstić information content (AvgIpc) is 3.53. The molecule has 2 aromatic heterocycles. The quantitative estimate of drug-likeness (QED) is 0.138. The highest BCUT2D eigenvalue weighted by Gasteiger charge is 2.45. The fraction of sp³-hybridized carbons (Fsp3) is 0.571. The smallest absolute Gasteiger partial charge is 0.330 e. The summed E-state index contributed by atoms with van der Waals surface area (Å²) in [6, 6.07) is 0. The zero-order valence-corrected chi connectivity index (χ0v) is 27.4. The van der Waals surface area contributed by atoms with Crippen LogP contribution < -0.4 is 34.0 Å². The first kappa shape index (κ1) is 38.1. The third kappa shape index (κ3) is 9.22. The second-order valence-corrected chi connectivity index (χ2v) is 10.8. The minimum absolute atomic E-state index is 0.0931. The van der Waals surface area contributed by atoms with Gasteiger partial charge < -0.3 is 40.6 Å². The molecule has 0 amide bonds. The fourth-order valence-electron chi connectivity index (χ4n) is 4.63. The summed E-state index contributed by atoms with van der Waals surface area (Å²) < 4.78 is 24.6. The van der Waals surface area contributed by atoms with Gasteiger partial charge >= 0.3 is 11.4 Å². The number of hydrogen-bond acceptors (Lipinski definition) is 12. The lowest BCUT2D eigenvalue weighted by Crippen LogP contribution is -2.39. The summed E-state index contributed by atoms with van der Waals surface area (Å²) in [6.45, 7) is 4.18. The van der Waals surface area contributed by atoms with Crippen molar-refractivity contribution in [3.63, 3.8) is 0 Å². The van der Waals surface area contributed by atoms with Gasteiger partial charge in [-0.3, -0.25) is 28.7 Å². The first-order valence-electron chi connectivity index (χ1n) is 13.9. The number of aliphatic hydroxyl groups excluding tert-OH is 2. The van der Waals surface area contributed by atoms with Crippen molar-refractivity contribution in [1.29, 1.82) is 0 Å². The van der Waals surface area contributed by atoms with Gasteiger partial charge in [-0.2, -0.15) is 0 Å². The molecule has 0 bridgehead atoms. The van der Waals surface area contributed by atoms with Crippen molar-refractivity contribution in [2.24, 2.45) is 11.5 Å². The second kappa shape index (κ2) is 18.1. The molecule has 8 N–H and O–H groups in total. The molecule has 0 saturated carbocycles. The maximum Gasteiger partial charge on any atom is 0.330 e. The number of aromatic amines is 2. The van der Waals surface area contributed by atoms with Crippen LogP contribution in [0.3, 0.4) is 0 Å². The molecular weight excluding hydrogens is 707 g/mol. The summed E-state index contributed by atoms with van der Waals surface area (Å²) in [5.41, 5.74) is 7.90. The SMILES string of the molecule is C#CCN.CC[C@H]1O[C@@H](n2cc(C#CCN)c(=O)[nH]c2=O)C(OC)[C@H]1O.CC[C@H]1O[C@@H](n2cc(I)c(=O)[nH]c2=O)C(OC)[C@H]1O. The largest absolute Gasteiger partial charge is 0.388 e. The van der Waals surface area contributed by atoms with Crippen LogP contribution in [0.5, 0.6) is 0 Å². The van der Waals surface area contributed by atoms with E-state index in [0.717, 1.165) is 0 Å². The molecule has 0 aromatic carbocycles. The molecule has 2 aromatic rings. The Morgan fingerprint density at radius 2 is 1.33 bits per heavy atom. The number of halogens is 1. The zero-order valence-electron chi connectivity index (χ0n) is 25.3. The minimum Gasteiger partial charge on any atom is -0.388 e. The molecule has 0 radical (unpaired) electrons. The lowest BCUT2D eigenvalue weighted by molar-refractivity contribution is -0.0544. The van der Waals surface area contributed by atoms with E-state index in [9.17, 15) is 29.4 Å². The molecular formula is C28H39IN6O10. The standard InChI is InChI=1S/C14H19N3O5.C11H15IN2O5.C3H5N/c1-3-9-10(18)11(21-2)13(22-9)17-7-8(5-4-6-15)12(19)16-14(17)20;1-3-6-7(15)8(18-2)10(19-6)14-4-5(12)9(16)13-11(14)17;1-2-3-4/h7,9-11,13,18H,3,6,15H2,1-2H3,(H,16,19,20);4,6-8,10,15H,3H2,1-2H3,(H,13,16,17);1H,3-4H2/t9-,10+,11?,13-;6-,7+,8?,10-;/m11./s1. The molecule has 2 unspecified atom stereocenters. The van der Waals surface area contributed by atoms with Gasteiger partial charge in [-0.25, -0.2) is 9.59 Å². The Morgan fingerprint density at radius 1 is 0.889 bits per heavy atom. The number of H-pyrrole nitrogens is 2. The van der Waals surface area contributed by atoms with E-state index in [-0.39, 0.29) is 12.1 Å². The molecule has 4 heterocycles. The molecule has 2 aliphatic heterocycles. The van der Waals surface area contributed by atoms with Crippen LogP contribution >= 0.6 is 22.6 Å². The monoisotopic (exact) mass is 746 g/mol. The predicted molar refractivity (Wildman–Crippen MR) is 171 cm³/mol. The van der Waals surface area contributed by atoms with Crippen molar-refractivity contribution in [2.45, 2.75) is 75.8 Å². The third-order valence-corrected chi connectivity index (χ3v) is 7.63. The number of nitrogens with zero attached hydrogens (tertiary/aromatic N) is 2. The highest BCUT2D eigenvalue weighted by Crippen LogP contribution is 2.32. The number of nitrogens with two attached hydrogens (primary N) is 2. The van der Waals surface area contributed by atoms with E-state index in [0.29, 0.717) is 23.0 Å². The highest BCUT2D eigenvalue weighted by atomic mass is 127.